The SMILES string of the molecule is COc1cc(C(=O)CCC(C)(O)c2cc(C(C)(C)NC(=O)OC(C)(C)C)cc(-c3ccc(F)c(Cl)c3)n2)ccc1OCC(C)O. The van der Waals surface area contributed by atoms with Gasteiger partial charge in [0.15, 0.2) is 17.3 Å². The van der Waals surface area contributed by atoms with E-state index in [9.17, 15) is 24.2 Å². The Bertz CT molecular complexity index is 1530. The molecule has 2 aromatic carbocycles. The molecule has 1 amide bonds. The van der Waals surface area contributed by atoms with Gasteiger partial charge in [-0.3, -0.25) is 4.79 Å². The Morgan fingerprint density at radius 3 is 2.31 bits per heavy atom. The van der Waals surface area contributed by atoms with Crippen LogP contribution in [0.3, 0.4) is 0 Å². The number of aliphatic hydroxyl groups excluding tert-OH is 1. The second kappa shape index (κ2) is 14.1. The van der Waals surface area contributed by atoms with Gasteiger partial charge < -0.3 is 29.7 Å². The van der Waals surface area contributed by atoms with E-state index in [1.807, 2.05) is 0 Å². The van der Waals surface area contributed by atoms with E-state index in [-0.39, 0.29) is 35.9 Å². The number of hydrogen-bond donors (Lipinski definition) is 3. The molecule has 0 aliphatic heterocycles. The summed E-state index contributed by atoms with van der Waals surface area (Å²) in [5.41, 5.74) is -1.24. The number of halogens is 2. The smallest absolute Gasteiger partial charge is 0.408 e. The number of hydrogen-bond acceptors (Lipinski definition) is 8. The highest BCUT2D eigenvalue weighted by molar-refractivity contribution is 6.31. The third-order valence-electron chi connectivity index (χ3n) is 6.93. The van der Waals surface area contributed by atoms with Crippen LogP contribution in [0.25, 0.3) is 11.3 Å². The molecular weight excluding hydrogens is 603 g/mol. The average molecular weight is 645 g/mol. The van der Waals surface area contributed by atoms with Crippen LogP contribution >= 0.6 is 11.6 Å². The maximum Gasteiger partial charge on any atom is 0.408 e. The summed E-state index contributed by atoms with van der Waals surface area (Å²) < 4.78 is 30.3. The van der Waals surface area contributed by atoms with Crippen molar-refractivity contribution in [3.63, 3.8) is 0 Å². The molecule has 11 heteroatoms. The van der Waals surface area contributed by atoms with Crippen molar-refractivity contribution in [3.8, 4) is 22.8 Å². The van der Waals surface area contributed by atoms with Crippen LogP contribution in [0.5, 0.6) is 11.5 Å². The summed E-state index contributed by atoms with van der Waals surface area (Å²) in [5, 5.41) is 23.9. The van der Waals surface area contributed by atoms with Gasteiger partial charge in [0.1, 0.15) is 23.6 Å². The zero-order chi connectivity index (χ0) is 33.7. The molecule has 0 saturated carbocycles. The van der Waals surface area contributed by atoms with Gasteiger partial charge in [-0.15, -0.1) is 0 Å². The number of carbonyl (C=O) groups excluding carboxylic acids is 2. The van der Waals surface area contributed by atoms with Crippen molar-refractivity contribution in [3.05, 3.63) is 76.2 Å². The number of aliphatic hydroxyl groups is 2. The largest absolute Gasteiger partial charge is 0.493 e. The molecule has 1 aromatic heterocycles. The number of aromatic nitrogens is 1. The van der Waals surface area contributed by atoms with E-state index < -0.39 is 34.8 Å². The van der Waals surface area contributed by atoms with Gasteiger partial charge in [0, 0.05) is 17.5 Å². The van der Waals surface area contributed by atoms with Crippen LogP contribution in [0.15, 0.2) is 48.5 Å². The lowest BCUT2D eigenvalue weighted by Gasteiger charge is -2.31. The zero-order valence-corrected chi connectivity index (χ0v) is 27.7. The molecule has 0 bridgehead atoms. The first-order valence-electron chi connectivity index (χ1n) is 14.6. The fraction of sp³-hybridized carbons (Fsp3) is 0.441. The summed E-state index contributed by atoms with van der Waals surface area (Å²) in [5.74, 6) is -0.110. The predicted molar refractivity (Wildman–Crippen MR) is 170 cm³/mol. The molecule has 0 aliphatic rings. The third-order valence-corrected chi connectivity index (χ3v) is 7.22. The summed E-state index contributed by atoms with van der Waals surface area (Å²) >= 11 is 6.07. The maximum atomic E-state index is 14.0. The topological polar surface area (TPSA) is 127 Å². The van der Waals surface area contributed by atoms with E-state index >= 15 is 0 Å². The standard InChI is InChI=1S/C34H42ClFN2O7/c1-20(39)19-44-28-12-10-22(16-29(28)43-8)27(40)13-14-34(7,42)30-18-23(33(5,6)38-31(41)45-32(2,3)4)17-26(37-30)21-9-11-25(36)24(35)15-21/h9-12,15-18,20,39,42H,13-14,19H2,1-8H3,(H,38,41). The van der Waals surface area contributed by atoms with Crippen molar-refractivity contribution in [2.75, 3.05) is 13.7 Å². The first-order chi connectivity index (χ1) is 20.8. The number of benzene rings is 2. The van der Waals surface area contributed by atoms with Gasteiger partial charge in [0.2, 0.25) is 0 Å². The maximum absolute atomic E-state index is 14.0. The van der Waals surface area contributed by atoms with E-state index in [2.05, 4.69) is 10.3 Å². The lowest BCUT2D eigenvalue weighted by molar-refractivity contribution is 0.0394. The number of nitrogens with one attached hydrogen (secondary N) is 1. The lowest BCUT2D eigenvalue weighted by Crippen LogP contribution is -2.44. The fourth-order valence-corrected chi connectivity index (χ4v) is 4.58. The van der Waals surface area contributed by atoms with Crippen molar-refractivity contribution >= 4 is 23.5 Å². The second-order valence-electron chi connectivity index (χ2n) is 12.7. The number of rotatable bonds is 12. The van der Waals surface area contributed by atoms with Crippen molar-refractivity contribution in [1.29, 1.82) is 0 Å². The summed E-state index contributed by atoms with van der Waals surface area (Å²) in [6.45, 7) is 12.0. The lowest BCUT2D eigenvalue weighted by atomic mass is 9.87. The van der Waals surface area contributed by atoms with Crippen LogP contribution in [0.2, 0.25) is 5.02 Å². The molecule has 0 spiro atoms. The molecule has 1 heterocycles. The quantitative estimate of drug-likeness (QED) is 0.181. The molecule has 3 rings (SSSR count). The highest BCUT2D eigenvalue weighted by Gasteiger charge is 2.32. The second-order valence-corrected chi connectivity index (χ2v) is 13.1. The summed E-state index contributed by atoms with van der Waals surface area (Å²) in [7, 11) is 1.45. The molecule has 0 saturated heterocycles. The van der Waals surface area contributed by atoms with Gasteiger partial charge >= 0.3 is 6.09 Å². The zero-order valence-electron chi connectivity index (χ0n) is 27.0. The molecule has 0 radical (unpaired) electrons. The van der Waals surface area contributed by atoms with E-state index in [1.54, 1.807) is 78.8 Å². The highest BCUT2D eigenvalue weighted by Crippen LogP contribution is 2.34. The van der Waals surface area contributed by atoms with Gasteiger partial charge in [-0.05, 0) is 109 Å². The van der Waals surface area contributed by atoms with E-state index in [1.165, 1.54) is 25.3 Å². The fourth-order valence-electron chi connectivity index (χ4n) is 4.40. The number of ether oxygens (including phenoxy) is 3. The van der Waals surface area contributed by atoms with Crippen LogP contribution in [-0.4, -0.2) is 52.5 Å². The van der Waals surface area contributed by atoms with Gasteiger partial charge in [0.25, 0.3) is 0 Å². The number of nitrogens with zero attached hydrogens (tertiary/aromatic N) is 1. The number of pyridine rings is 1. The minimum atomic E-state index is -1.59. The minimum absolute atomic E-state index is 0.00835. The van der Waals surface area contributed by atoms with E-state index in [4.69, 9.17) is 25.8 Å². The number of carbonyl (C=O) groups is 2. The Labute approximate surface area is 268 Å². The molecule has 244 valence electrons. The molecule has 0 fully saturated rings. The van der Waals surface area contributed by atoms with Crippen LogP contribution in [-0.2, 0) is 15.9 Å². The predicted octanol–water partition coefficient (Wildman–Crippen LogP) is 6.94. The minimum Gasteiger partial charge on any atom is -0.493 e. The van der Waals surface area contributed by atoms with Crippen molar-refractivity contribution < 1.29 is 38.4 Å². The number of alkyl carbamates (subject to hydrolysis) is 1. The monoisotopic (exact) mass is 644 g/mol. The number of amides is 1. The number of ketones is 1. The molecule has 9 nitrogen and oxygen atoms in total. The first kappa shape index (κ1) is 35.7. The van der Waals surface area contributed by atoms with Gasteiger partial charge in [0.05, 0.1) is 35.2 Å². The molecule has 45 heavy (non-hydrogen) atoms. The van der Waals surface area contributed by atoms with Gasteiger partial charge in [-0.2, -0.15) is 0 Å². The Balaban J connectivity index is 1.94. The van der Waals surface area contributed by atoms with Crippen molar-refractivity contribution in [2.24, 2.45) is 0 Å². The van der Waals surface area contributed by atoms with E-state index in [0.717, 1.165) is 0 Å². The summed E-state index contributed by atoms with van der Waals surface area (Å²) in [6.07, 6.45) is -1.33. The highest BCUT2D eigenvalue weighted by atomic mass is 35.5. The van der Waals surface area contributed by atoms with Crippen molar-refractivity contribution in [2.45, 2.75) is 84.2 Å². The third kappa shape index (κ3) is 9.88. The normalized spacial score (nSPS) is 13.9. The van der Waals surface area contributed by atoms with E-state index in [0.29, 0.717) is 33.9 Å². The van der Waals surface area contributed by atoms with Crippen molar-refractivity contribution in [1.82, 2.24) is 10.3 Å². The Morgan fingerprint density at radius 2 is 1.71 bits per heavy atom. The van der Waals surface area contributed by atoms with Crippen LogP contribution < -0.4 is 14.8 Å². The van der Waals surface area contributed by atoms with Gasteiger partial charge in [-0.25, -0.2) is 14.2 Å². The first-order valence-corrected chi connectivity index (χ1v) is 14.9. The Hall–Kier alpha value is -3.73. The summed E-state index contributed by atoms with van der Waals surface area (Å²) in [6, 6.07) is 12.3. The molecule has 3 N–H and O–H groups in total. The van der Waals surface area contributed by atoms with Crippen LogP contribution in [0, 0.1) is 5.82 Å². The Kier molecular flexibility index (Phi) is 11.2. The number of Topliss-reactive ketones (excluding diaryl/α,β-unsaturated/α-hetero) is 1. The van der Waals surface area contributed by atoms with Crippen LogP contribution in [0.1, 0.15) is 82.9 Å². The molecular formula is C34H42ClFN2O7. The molecule has 0 aliphatic carbocycles. The molecule has 2 unspecified atom stereocenters. The average Bonchev–Trinajstić information content (AvgIpc) is 2.94. The Morgan fingerprint density at radius 1 is 1.02 bits per heavy atom. The number of methoxy groups -OCH3 is 1. The molecule has 3 aromatic rings. The van der Waals surface area contributed by atoms with Crippen LogP contribution in [0.4, 0.5) is 9.18 Å². The summed E-state index contributed by atoms with van der Waals surface area (Å²) in [4.78, 5) is 30.6. The molecule has 2 atom stereocenters. The van der Waals surface area contributed by atoms with Gasteiger partial charge in [-0.1, -0.05) is 11.6 Å².